The molecule has 1 aromatic heterocycles. The van der Waals surface area contributed by atoms with Crippen molar-refractivity contribution in [1.29, 1.82) is 0 Å². The van der Waals surface area contributed by atoms with Gasteiger partial charge in [0.1, 0.15) is 11.1 Å². The average molecular weight is 415 g/mol. The molecule has 4 fully saturated rings. The van der Waals surface area contributed by atoms with E-state index in [4.69, 9.17) is 0 Å². The predicted molar refractivity (Wildman–Crippen MR) is 116 cm³/mol. The van der Waals surface area contributed by atoms with Crippen LogP contribution in [0.25, 0.3) is 11.0 Å². The molecule has 2 saturated heterocycles. The van der Waals surface area contributed by atoms with Gasteiger partial charge in [-0.3, -0.25) is 4.79 Å². The van der Waals surface area contributed by atoms with Crippen molar-refractivity contribution in [1.82, 2.24) is 19.9 Å². The largest absolute Gasteiger partial charge is 0.336 e. The number of nitroso groups, excluding NO2 is 1. The maximum Gasteiger partial charge on any atom is 0.225 e. The van der Waals surface area contributed by atoms with E-state index in [9.17, 15) is 9.70 Å². The van der Waals surface area contributed by atoms with Gasteiger partial charge in [-0.15, -0.1) is 5.10 Å². The second-order valence-corrected chi connectivity index (χ2v) is 9.53. The molecule has 0 radical (unpaired) electrons. The van der Waals surface area contributed by atoms with E-state index in [1.165, 1.54) is 0 Å². The summed E-state index contributed by atoms with van der Waals surface area (Å²) in [6.45, 7) is 0. The normalized spacial score (nSPS) is 29.9. The molecule has 7 nitrogen and oxygen atoms in total. The van der Waals surface area contributed by atoms with Gasteiger partial charge in [-0.05, 0) is 55.7 Å². The summed E-state index contributed by atoms with van der Waals surface area (Å²) in [6.07, 6.45) is 4.68. The molecule has 31 heavy (non-hydrogen) atoms. The van der Waals surface area contributed by atoms with Crippen molar-refractivity contribution >= 4 is 16.9 Å². The van der Waals surface area contributed by atoms with E-state index < -0.39 is 5.54 Å². The first-order chi connectivity index (χ1) is 15.2. The molecule has 4 aliphatic rings. The van der Waals surface area contributed by atoms with E-state index in [-0.39, 0.29) is 24.0 Å². The van der Waals surface area contributed by atoms with Crippen molar-refractivity contribution in [3.63, 3.8) is 0 Å². The molecular formula is C24H25N5O2. The third kappa shape index (κ3) is 2.98. The van der Waals surface area contributed by atoms with Gasteiger partial charge < -0.3 is 4.90 Å². The van der Waals surface area contributed by atoms with Gasteiger partial charge in [-0.1, -0.05) is 52.9 Å². The Kier molecular flexibility index (Phi) is 4.20. The highest BCUT2D eigenvalue weighted by molar-refractivity contribution is 5.79. The van der Waals surface area contributed by atoms with Gasteiger partial charge in [0.25, 0.3) is 0 Å². The summed E-state index contributed by atoms with van der Waals surface area (Å²) < 4.78 is 1.88. The predicted octanol–water partition coefficient (Wildman–Crippen LogP) is 4.09. The van der Waals surface area contributed by atoms with Crippen LogP contribution in [0.5, 0.6) is 0 Å². The topological polar surface area (TPSA) is 80.5 Å². The Bertz CT molecular complexity index is 1130. The van der Waals surface area contributed by atoms with Crippen LogP contribution in [0.3, 0.4) is 0 Å². The number of nitrogens with zero attached hydrogens (tertiary/aromatic N) is 5. The SMILES string of the molecule is O=NC12CC3CC(C1)N(C(=O)CC(c1ccccc1)n1nnc4ccccc41)C(C3)C2. The van der Waals surface area contributed by atoms with Crippen LogP contribution in [0.4, 0.5) is 0 Å². The third-order valence-electron chi connectivity index (χ3n) is 7.60. The minimum atomic E-state index is -0.436. The number of fused-ring (bicyclic) bond motifs is 1. The Hall–Kier alpha value is -3.09. The van der Waals surface area contributed by atoms with Gasteiger partial charge in [-0.25, -0.2) is 4.68 Å². The lowest BCUT2D eigenvalue weighted by Gasteiger charge is -2.59. The lowest BCUT2D eigenvalue weighted by Crippen LogP contribution is -2.65. The molecule has 3 aromatic rings. The molecule has 2 saturated carbocycles. The fourth-order valence-electron chi connectivity index (χ4n) is 6.51. The first-order valence-corrected chi connectivity index (χ1v) is 11.2. The van der Waals surface area contributed by atoms with Crippen LogP contribution in [0, 0.1) is 10.8 Å². The summed E-state index contributed by atoms with van der Waals surface area (Å²) in [5, 5.41) is 12.3. The standard InChI is InChI=1S/C24H25N5O2/c30-23(28-18-10-16-11-19(28)15-24(13-16,14-18)26-31)12-22(17-6-2-1-3-7-17)29-21-9-5-4-8-20(21)25-27-29/h1-9,16,18-19,22H,10-15H2. The number of carbonyl (C=O) groups excluding carboxylic acids is 1. The van der Waals surface area contributed by atoms with E-state index in [0.29, 0.717) is 12.3 Å². The van der Waals surface area contributed by atoms with Gasteiger partial charge >= 0.3 is 0 Å². The second-order valence-electron chi connectivity index (χ2n) is 9.53. The van der Waals surface area contributed by atoms with Crippen LogP contribution in [-0.2, 0) is 4.79 Å². The highest BCUT2D eigenvalue weighted by atomic mass is 16.3. The zero-order chi connectivity index (χ0) is 21.0. The summed E-state index contributed by atoms with van der Waals surface area (Å²) >= 11 is 0. The Morgan fingerprint density at radius 1 is 1.03 bits per heavy atom. The summed E-state index contributed by atoms with van der Waals surface area (Å²) in [5.74, 6) is 0.673. The van der Waals surface area contributed by atoms with Crippen LogP contribution in [0.2, 0.25) is 0 Å². The van der Waals surface area contributed by atoms with E-state index in [2.05, 4.69) is 20.4 Å². The lowest BCUT2D eigenvalue weighted by molar-refractivity contribution is -0.151. The quantitative estimate of drug-likeness (QED) is 0.588. The van der Waals surface area contributed by atoms with Gasteiger partial charge in [0.15, 0.2) is 0 Å². The molecule has 3 atom stereocenters. The molecule has 7 rings (SSSR count). The monoisotopic (exact) mass is 415 g/mol. The van der Waals surface area contributed by atoms with Gasteiger partial charge in [0.05, 0.1) is 18.0 Å². The van der Waals surface area contributed by atoms with Crippen molar-refractivity contribution in [2.45, 2.75) is 62.2 Å². The van der Waals surface area contributed by atoms with E-state index in [0.717, 1.165) is 48.7 Å². The van der Waals surface area contributed by atoms with Gasteiger partial charge in [0, 0.05) is 12.1 Å². The maximum atomic E-state index is 13.7. The van der Waals surface area contributed by atoms with Crippen LogP contribution in [-0.4, -0.2) is 43.4 Å². The highest BCUT2D eigenvalue weighted by Gasteiger charge is 2.56. The average Bonchev–Trinajstić information content (AvgIpc) is 3.21. The number of benzene rings is 2. The van der Waals surface area contributed by atoms with E-state index in [1.807, 2.05) is 59.3 Å². The first-order valence-electron chi connectivity index (χ1n) is 11.2. The molecule has 0 N–H and O–H groups in total. The Morgan fingerprint density at radius 3 is 2.48 bits per heavy atom. The minimum Gasteiger partial charge on any atom is -0.336 e. The van der Waals surface area contributed by atoms with E-state index >= 15 is 0 Å². The van der Waals surface area contributed by atoms with Crippen molar-refractivity contribution in [3.8, 4) is 0 Å². The molecule has 0 spiro atoms. The summed E-state index contributed by atoms with van der Waals surface area (Å²) in [5.41, 5.74) is 2.36. The van der Waals surface area contributed by atoms with Crippen LogP contribution in [0.1, 0.15) is 50.1 Å². The number of carbonyl (C=O) groups is 1. The molecule has 1 amide bonds. The number of rotatable bonds is 5. The summed E-state index contributed by atoms with van der Waals surface area (Å²) in [6, 6.07) is 18.0. The van der Waals surface area contributed by atoms with Crippen molar-refractivity contribution in [2.75, 3.05) is 0 Å². The molecular weight excluding hydrogens is 390 g/mol. The number of amides is 1. The fraction of sp³-hybridized carbons (Fsp3) is 0.458. The maximum absolute atomic E-state index is 13.7. The Labute approximate surface area is 180 Å². The number of para-hydroxylation sites is 1. The highest BCUT2D eigenvalue weighted by Crippen LogP contribution is 2.53. The summed E-state index contributed by atoms with van der Waals surface area (Å²) in [4.78, 5) is 27.4. The molecule has 3 unspecified atom stereocenters. The number of hydrogen-bond donors (Lipinski definition) is 0. The fourth-order valence-corrected chi connectivity index (χ4v) is 6.51. The molecule has 2 aliphatic carbocycles. The van der Waals surface area contributed by atoms with Crippen molar-refractivity contribution in [3.05, 3.63) is 65.1 Å². The zero-order valence-electron chi connectivity index (χ0n) is 17.3. The minimum absolute atomic E-state index is 0.139. The van der Waals surface area contributed by atoms with Gasteiger partial charge in [-0.2, -0.15) is 4.91 Å². The molecule has 2 aromatic carbocycles. The van der Waals surface area contributed by atoms with Crippen molar-refractivity contribution in [2.24, 2.45) is 11.1 Å². The number of aromatic nitrogens is 3. The molecule has 3 heterocycles. The summed E-state index contributed by atoms with van der Waals surface area (Å²) in [7, 11) is 0. The van der Waals surface area contributed by atoms with Crippen LogP contribution in [0.15, 0.2) is 59.8 Å². The number of piperidine rings is 2. The molecule has 2 aliphatic heterocycles. The molecule has 4 bridgehead atoms. The third-order valence-corrected chi connectivity index (χ3v) is 7.60. The Balaban J connectivity index is 1.33. The van der Waals surface area contributed by atoms with E-state index in [1.54, 1.807) is 0 Å². The van der Waals surface area contributed by atoms with Crippen LogP contribution >= 0.6 is 0 Å². The zero-order valence-corrected chi connectivity index (χ0v) is 17.3. The number of hydrogen-bond acceptors (Lipinski definition) is 5. The first kappa shape index (κ1) is 18.7. The molecule has 7 heteroatoms. The lowest BCUT2D eigenvalue weighted by atomic mass is 9.59. The molecule has 158 valence electrons. The van der Waals surface area contributed by atoms with Crippen LogP contribution < -0.4 is 0 Å². The Morgan fingerprint density at radius 2 is 1.74 bits per heavy atom. The smallest absolute Gasteiger partial charge is 0.225 e. The second kappa shape index (κ2) is 6.97. The van der Waals surface area contributed by atoms with Gasteiger partial charge in [0.2, 0.25) is 5.91 Å². The van der Waals surface area contributed by atoms with Crippen molar-refractivity contribution < 1.29 is 4.79 Å².